The standard InChI is InChI=1S/C15H16N4O2S/c1-9-11(10(2)19(3)17-9)8-16-15(20)12-7-13(21-18-12)14-5-4-6-22-14/h4-7H,8H2,1-3H3,(H,16,20). The maximum Gasteiger partial charge on any atom is 0.273 e. The van der Waals surface area contributed by atoms with Crippen LogP contribution in [0.3, 0.4) is 0 Å². The van der Waals surface area contributed by atoms with Crippen molar-refractivity contribution >= 4 is 17.2 Å². The molecule has 0 unspecified atom stereocenters. The van der Waals surface area contributed by atoms with E-state index in [4.69, 9.17) is 4.52 Å². The molecule has 3 rings (SSSR count). The number of carbonyl (C=O) groups excluding carboxylic acids is 1. The van der Waals surface area contributed by atoms with Crippen LogP contribution in [0.2, 0.25) is 0 Å². The van der Waals surface area contributed by atoms with Crippen molar-refractivity contribution in [3.63, 3.8) is 0 Å². The average Bonchev–Trinajstić information content (AvgIpc) is 3.20. The summed E-state index contributed by atoms with van der Waals surface area (Å²) in [7, 11) is 1.89. The van der Waals surface area contributed by atoms with Crippen molar-refractivity contribution in [1.29, 1.82) is 0 Å². The number of aromatic nitrogens is 3. The van der Waals surface area contributed by atoms with Crippen molar-refractivity contribution in [2.75, 3.05) is 0 Å². The van der Waals surface area contributed by atoms with Crippen LogP contribution in [-0.2, 0) is 13.6 Å². The Bertz CT molecular complexity index is 802. The van der Waals surface area contributed by atoms with Crippen LogP contribution >= 0.6 is 11.3 Å². The third kappa shape index (κ3) is 2.67. The zero-order valence-corrected chi connectivity index (χ0v) is 13.4. The molecule has 0 aliphatic carbocycles. The van der Waals surface area contributed by atoms with Crippen LogP contribution in [0.4, 0.5) is 0 Å². The van der Waals surface area contributed by atoms with Crippen LogP contribution < -0.4 is 5.32 Å². The predicted octanol–water partition coefficient (Wildman–Crippen LogP) is 2.68. The number of aryl methyl sites for hydroxylation is 2. The van der Waals surface area contributed by atoms with Gasteiger partial charge in [0.2, 0.25) is 0 Å². The van der Waals surface area contributed by atoms with Gasteiger partial charge in [0.25, 0.3) is 5.91 Å². The van der Waals surface area contributed by atoms with E-state index in [0.717, 1.165) is 21.8 Å². The lowest BCUT2D eigenvalue weighted by atomic mass is 10.2. The average molecular weight is 316 g/mol. The van der Waals surface area contributed by atoms with E-state index in [1.54, 1.807) is 17.4 Å². The van der Waals surface area contributed by atoms with Gasteiger partial charge >= 0.3 is 0 Å². The molecule has 0 aliphatic heterocycles. The first-order valence-electron chi connectivity index (χ1n) is 6.84. The first-order valence-corrected chi connectivity index (χ1v) is 7.72. The molecule has 3 heterocycles. The number of carbonyl (C=O) groups is 1. The molecule has 0 aliphatic rings. The Morgan fingerprint density at radius 2 is 2.27 bits per heavy atom. The van der Waals surface area contributed by atoms with Crippen LogP contribution in [0, 0.1) is 13.8 Å². The van der Waals surface area contributed by atoms with E-state index in [9.17, 15) is 4.79 Å². The molecular weight excluding hydrogens is 300 g/mol. The molecule has 3 aromatic rings. The first-order chi connectivity index (χ1) is 10.6. The van der Waals surface area contributed by atoms with Crippen molar-refractivity contribution in [2.45, 2.75) is 20.4 Å². The zero-order chi connectivity index (χ0) is 15.7. The Kier molecular flexibility index (Phi) is 3.81. The van der Waals surface area contributed by atoms with Gasteiger partial charge in [0.15, 0.2) is 11.5 Å². The molecule has 0 saturated heterocycles. The molecule has 0 bridgehead atoms. The van der Waals surface area contributed by atoms with Gasteiger partial charge in [-0.3, -0.25) is 9.48 Å². The summed E-state index contributed by atoms with van der Waals surface area (Å²) in [6.07, 6.45) is 0. The summed E-state index contributed by atoms with van der Waals surface area (Å²) in [5.41, 5.74) is 3.26. The highest BCUT2D eigenvalue weighted by atomic mass is 32.1. The third-order valence-corrected chi connectivity index (χ3v) is 4.48. The topological polar surface area (TPSA) is 73.0 Å². The molecule has 0 aromatic carbocycles. The molecule has 1 amide bonds. The molecule has 0 saturated carbocycles. The Morgan fingerprint density at radius 3 is 2.91 bits per heavy atom. The summed E-state index contributed by atoms with van der Waals surface area (Å²) in [5, 5.41) is 13.0. The van der Waals surface area contributed by atoms with Gasteiger partial charge in [0, 0.05) is 30.9 Å². The van der Waals surface area contributed by atoms with E-state index in [-0.39, 0.29) is 11.6 Å². The van der Waals surface area contributed by atoms with E-state index in [0.29, 0.717) is 12.3 Å². The van der Waals surface area contributed by atoms with Gasteiger partial charge in [0.05, 0.1) is 10.6 Å². The summed E-state index contributed by atoms with van der Waals surface area (Å²) >= 11 is 1.54. The van der Waals surface area contributed by atoms with Crippen LogP contribution in [0.5, 0.6) is 0 Å². The SMILES string of the molecule is Cc1nn(C)c(C)c1CNC(=O)c1cc(-c2cccs2)on1. The fourth-order valence-electron chi connectivity index (χ4n) is 2.25. The largest absolute Gasteiger partial charge is 0.355 e. The number of nitrogens with one attached hydrogen (secondary N) is 1. The molecule has 7 heteroatoms. The molecule has 114 valence electrons. The second kappa shape index (κ2) is 5.76. The summed E-state index contributed by atoms with van der Waals surface area (Å²) in [5.74, 6) is 0.350. The fourth-order valence-corrected chi connectivity index (χ4v) is 2.92. The Labute approximate surface area is 131 Å². The van der Waals surface area contributed by atoms with Crippen LogP contribution in [0.25, 0.3) is 10.6 Å². The lowest BCUT2D eigenvalue weighted by Gasteiger charge is -2.03. The summed E-state index contributed by atoms with van der Waals surface area (Å²) in [6, 6.07) is 5.51. The summed E-state index contributed by atoms with van der Waals surface area (Å²) < 4.78 is 7.02. The Hall–Kier alpha value is -2.41. The van der Waals surface area contributed by atoms with Gasteiger partial charge in [-0.1, -0.05) is 11.2 Å². The maximum absolute atomic E-state index is 12.2. The highest BCUT2D eigenvalue weighted by molar-refractivity contribution is 7.13. The van der Waals surface area contributed by atoms with Gasteiger partial charge < -0.3 is 9.84 Å². The molecule has 0 atom stereocenters. The van der Waals surface area contributed by atoms with Crippen molar-refractivity contribution in [3.05, 3.63) is 46.2 Å². The minimum absolute atomic E-state index is 0.255. The van der Waals surface area contributed by atoms with Crippen LogP contribution in [0.15, 0.2) is 28.1 Å². The van der Waals surface area contributed by atoms with E-state index in [1.165, 1.54) is 0 Å². The van der Waals surface area contributed by atoms with E-state index in [1.807, 2.05) is 43.1 Å². The fraction of sp³-hybridized carbons (Fsp3) is 0.267. The second-order valence-electron chi connectivity index (χ2n) is 5.01. The van der Waals surface area contributed by atoms with Crippen molar-refractivity contribution < 1.29 is 9.32 Å². The normalized spacial score (nSPS) is 10.9. The number of hydrogen-bond donors (Lipinski definition) is 1. The monoisotopic (exact) mass is 316 g/mol. The predicted molar refractivity (Wildman–Crippen MR) is 83.7 cm³/mol. The molecule has 22 heavy (non-hydrogen) atoms. The number of hydrogen-bond acceptors (Lipinski definition) is 5. The number of amides is 1. The number of thiophene rings is 1. The van der Waals surface area contributed by atoms with Gasteiger partial charge in [-0.05, 0) is 25.3 Å². The minimum Gasteiger partial charge on any atom is -0.355 e. The molecule has 6 nitrogen and oxygen atoms in total. The van der Waals surface area contributed by atoms with Crippen LogP contribution in [-0.4, -0.2) is 20.8 Å². The molecule has 0 fully saturated rings. The number of nitrogens with zero attached hydrogens (tertiary/aromatic N) is 3. The summed E-state index contributed by atoms with van der Waals surface area (Å²) in [4.78, 5) is 13.1. The Balaban J connectivity index is 1.70. The second-order valence-corrected chi connectivity index (χ2v) is 5.96. The van der Waals surface area contributed by atoms with Gasteiger partial charge in [0.1, 0.15) is 0 Å². The molecule has 3 aromatic heterocycles. The minimum atomic E-state index is -0.255. The van der Waals surface area contributed by atoms with Crippen LogP contribution in [0.1, 0.15) is 27.4 Å². The molecule has 0 spiro atoms. The molecule has 0 radical (unpaired) electrons. The van der Waals surface area contributed by atoms with Gasteiger partial charge in [-0.15, -0.1) is 11.3 Å². The highest BCUT2D eigenvalue weighted by Crippen LogP contribution is 2.25. The lowest BCUT2D eigenvalue weighted by molar-refractivity contribution is 0.0942. The van der Waals surface area contributed by atoms with Crippen molar-refractivity contribution in [3.8, 4) is 10.6 Å². The van der Waals surface area contributed by atoms with E-state index in [2.05, 4.69) is 15.6 Å². The highest BCUT2D eigenvalue weighted by Gasteiger charge is 2.16. The van der Waals surface area contributed by atoms with E-state index < -0.39 is 0 Å². The number of rotatable bonds is 4. The van der Waals surface area contributed by atoms with Gasteiger partial charge in [-0.2, -0.15) is 5.10 Å². The molecular formula is C15H16N4O2S. The van der Waals surface area contributed by atoms with Crippen molar-refractivity contribution in [2.24, 2.45) is 7.05 Å². The third-order valence-electron chi connectivity index (χ3n) is 3.59. The lowest BCUT2D eigenvalue weighted by Crippen LogP contribution is -2.23. The maximum atomic E-state index is 12.2. The quantitative estimate of drug-likeness (QED) is 0.803. The zero-order valence-electron chi connectivity index (χ0n) is 12.6. The van der Waals surface area contributed by atoms with Crippen molar-refractivity contribution in [1.82, 2.24) is 20.3 Å². The first kappa shape index (κ1) is 14.5. The van der Waals surface area contributed by atoms with E-state index >= 15 is 0 Å². The summed E-state index contributed by atoms with van der Waals surface area (Å²) in [6.45, 7) is 4.33. The Morgan fingerprint density at radius 1 is 1.45 bits per heavy atom. The smallest absolute Gasteiger partial charge is 0.273 e. The van der Waals surface area contributed by atoms with Gasteiger partial charge in [-0.25, -0.2) is 0 Å². The molecule has 1 N–H and O–H groups in total.